The lowest BCUT2D eigenvalue weighted by molar-refractivity contribution is -0.914. The molecule has 4 rings (SSSR count). The maximum atomic E-state index is 13.0. The zero-order valence-corrected chi connectivity index (χ0v) is 18.8. The van der Waals surface area contributed by atoms with Crippen LogP contribution in [0.2, 0.25) is 0 Å². The molecule has 2 aliphatic heterocycles. The second-order valence-corrected chi connectivity index (χ2v) is 9.60. The van der Waals surface area contributed by atoms with Crippen LogP contribution in [0.4, 0.5) is 0 Å². The van der Waals surface area contributed by atoms with Crippen LogP contribution in [0, 0.1) is 11.3 Å². The third-order valence-electron chi connectivity index (χ3n) is 7.15. The number of methoxy groups -OCH3 is 1. The molecule has 1 N–H and O–H groups in total. The van der Waals surface area contributed by atoms with E-state index < -0.39 is 0 Å². The summed E-state index contributed by atoms with van der Waals surface area (Å²) < 4.78 is 17.0. The van der Waals surface area contributed by atoms with E-state index in [-0.39, 0.29) is 24.0 Å². The van der Waals surface area contributed by atoms with Crippen molar-refractivity contribution >= 4 is 5.78 Å². The number of hydrogen-bond acceptors (Lipinski definition) is 4. The normalized spacial score (nSPS) is 27.0. The van der Waals surface area contributed by atoms with Crippen molar-refractivity contribution in [3.05, 3.63) is 41.0 Å². The van der Waals surface area contributed by atoms with Crippen LogP contribution in [0.5, 0.6) is 17.2 Å². The molecule has 0 amide bonds. The van der Waals surface area contributed by atoms with E-state index in [4.69, 9.17) is 14.2 Å². The lowest BCUT2D eigenvalue weighted by atomic mass is 9.68. The Hall–Kier alpha value is -2.27. The minimum absolute atomic E-state index is 0.0476. The summed E-state index contributed by atoms with van der Waals surface area (Å²) in [5.74, 6) is 2.64. The summed E-state index contributed by atoms with van der Waals surface area (Å²) in [6.45, 7) is 7.98. The number of rotatable bonds is 5. The third kappa shape index (κ3) is 3.76. The molecule has 1 aromatic rings. The summed E-state index contributed by atoms with van der Waals surface area (Å²) in [4.78, 5) is 14.4. The highest BCUT2D eigenvalue weighted by atomic mass is 16.7. The molecule has 3 atom stereocenters. The molecular weight excluding hydrogens is 378 g/mol. The molecule has 0 bridgehead atoms. The summed E-state index contributed by atoms with van der Waals surface area (Å²) >= 11 is 0. The van der Waals surface area contributed by atoms with Crippen LogP contribution in [0.15, 0.2) is 29.9 Å². The molecular formula is C25H34NO4+. The third-order valence-corrected chi connectivity index (χ3v) is 7.15. The van der Waals surface area contributed by atoms with E-state index in [1.54, 1.807) is 7.11 Å². The first kappa shape index (κ1) is 21.0. The Morgan fingerprint density at radius 3 is 2.90 bits per heavy atom. The van der Waals surface area contributed by atoms with Gasteiger partial charge in [-0.25, -0.2) is 0 Å². The van der Waals surface area contributed by atoms with E-state index in [2.05, 4.69) is 46.0 Å². The van der Waals surface area contributed by atoms with E-state index in [1.165, 1.54) is 16.0 Å². The number of hydrogen-bond donors (Lipinski definition) is 1. The van der Waals surface area contributed by atoms with Gasteiger partial charge in [-0.1, -0.05) is 31.6 Å². The number of nitrogens with one attached hydrogen (secondary N) is 1. The molecule has 1 aromatic carbocycles. The molecule has 0 fully saturated rings. The Morgan fingerprint density at radius 1 is 1.37 bits per heavy atom. The topological polar surface area (TPSA) is 49.2 Å². The molecule has 3 aliphatic rings. The first-order valence-electron chi connectivity index (χ1n) is 11.0. The average molecular weight is 413 g/mol. The summed E-state index contributed by atoms with van der Waals surface area (Å²) in [7, 11) is 3.83. The van der Waals surface area contributed by atoms with Gasteiger partial charge in [0.2, 0.25) is 12.5 Å². The number of carbonyl (C=O) groups excluding carboxylic acids is 1. The van der Waals surface area contributed by atoms with Gasteiger partial charge in [-0.05, 0) is 42.9 Å². The SMILES string of the molecule is COc1c2c(cc3c1[C@H](CC(=O)/C=C/[C@H]1C(C)=CCCC1(C)C)[NH+](C)CC3)OCO2. The minimum atomic E-state index is 0.0476. The van der Waals surface area contributed by atoms with Crippen LogP contribution in [0.3, 0.4) is 0 Å². The van der Waals surface area contributed by atoms with Crippen LogP contribution >= 0.6 is 0 Å². The van der Waals surface area contributed by atoms with E-state index in [0.717, 1.165) is 42.9 Å². The van der Waals surface area contributed by atoms with Crippen molar-refractivity contribution in [2.24, 2.45) is 11.3 Å². The maximum Gasteiger partial charge on any atom is 0.231 e. The van der Waals surface area contributed by atoms with Crippen LogP contribution in [0.1, 0.15) is 57.2 Å². The second-order valence-electron chi connectivity index (χ2n) is 9.60. The van der Waals surface area contributed by atoms with Gasteiger partial charge in [0, 0.05) is 12.3 Å². The van der Waals surface area contributed by atoms with Crippen molar-refractivity contribution in [2.75, 3.05) is 27.5 Å². The van der Waals surface area contributed by atoms with Crippen LogP contribution in [-0.2, 0) is 11.2 Å². The van der Waals surface area contributed by atoms with E-state index in [9.17, 15) is 4.79 Å². The number of fused-ring (bicyclic) bond motifs is 2. The van der Waals surface area contributed by atoms with Gasteiger partial charge in [-0.3, -0.25) is 4.79 Å². The standard InChI is InChI=1S/C25H33NO4/c1-16-7-6-11-25(2,3)19(16)9-8-18(27)14-20-22-17(10-12-26(20)4)13-21-23(24(22)28-5)30-15-29-21/h7-9,13,19-20H,6,10-12,14-15H2,1-5H3/p+1/b9-8+/t19-,20-/m0/s1. The zero-order chi connectivity index (χ0) is 21.5. The lowest BCUT2D eigenvalue weighted by Gasteiger charge is -2.36. The van der Waals surface area contributed by atoms with Gasteiger partial charge in [0.1, 0.15) is 6.04 Å². The molecule has 5 heteroatoms. The quantitative estimate of drug-likeness (QED) is 0.595. The molecule has 1 aliphatic carbocycles. The summed E-state index contributed by atoms with van der Waals surface area (Å²) in [5.41, 5.74) is 3.86. The van der Waals surface area contributed by atoms with Crippen LogP contribution in [0.25, 0.3) is 0 Å². The number of allylic oxidation sites excluding steroid dienone is 4. The molecule has 0 saturated carbocycles. The monoisotopic (exact) mass is 412 g/mol. The van der Waals surface area contributed by atoms with Gasteiger partial charge in [0.15, 0.2) is 17.3 Å². The largest absolute Gasteiger partial charge is 0.492 e. The summed E-state index contributed by atoms with van der Waals surface area (Å²) in [6, 6.07) is 2.12. The molecule has 30 heavy (non-hydrogen) atoms. The number of carbonyl (C=O) groups is 1. The summed E-state index contributed by atoms with van der Waals surface area (Å²) in [5, 5.41) is 0. The van der Waals surface area contributed by atoms with Gasteiger partial charge in [0.25, 0.3) is 0 Å². The molecule has 0 saturated heterocycles. The van der Waals surface area contributed by atoms with Gasteiger partial charge in [-0.15, -0.1) is 0 Å². The number of ketones is 1. The first-order valence-corrected chi connectivity index (χ1v) is 11.0. The lowest BCUT2D eigenvalue weighted by Crippen LogP contribution is -3.10. The number of ether oxygens (including phenoxy) is 3. The smallest absolute Gasteiger partial charge is 0.231 e. The van der Waals surface area contributed by atoms with Crippen molar-refractivity contribution in [3.8, 4) is 17.2 Å². The van der Waals surface area contributed by atoms with Crippen LogP contribution < -0.4 is 19.1 Å². The molecule has 162 valence electrons. The fourth-order valence-electron chi connectivity index (χ4n) is 5.35. The maximum absolute atomic E-state index is 13.0. The predicted octanol–water partition coefficient (Wildman–Crippen LogP) is 3.43. The molecule has 1 unspecified atom stereocenters. The van der Waals surface area contributed by atoms with Gasteiger partial charge in [0.05, 0.1) is 32.7 Å². The molecule has 0 spiro atoms. The van der Waals surface area contributed by atoms with Crippen molar-refractivity contribution < 1.29 is 23.9 Å². The Balaban J connectivity index is 1.59. The van der Waals surface area contributed by atoms with Crippen molar-refractivity contribution in [3.63, 3.8) is 0 Å². The van der Waals surface area contributed by atoms with Crippen LogP contribution in [-0.4, -0.2) is 33.3 Å². The molecule has 5 nitrogen and oxygen atoms in total. The highest BCUT2D eigenvalue weighted by Gasteiger charge is 2.37. The second kappa shape index (κ2) is 8.10. The Labute approximate surface area is 179 Å². The van der Waals surface area contributed by atoms with E-state index in [0.29, 0.717) is 18.1 Å². The van der Waals surface area contributed by atoms with Gasteiger partial charge in [-0.2, -0.15) is 0 Å². The van der Waals surface area contributed by atoms with Crippen molar-refractivity contribution in [2.45, 2.75) is 52.5 Å². The fourth-order valence-corrected chi connectivity index (χ4v) is 5.35. The number of likely N-dealkylation sites (N-methyl/N-ethyl adjacent to an activating group) is 1. The zero-order valence-electron chi connectivity index (χ0n) is 18.8. The summed E-state index contributed by atoms with van der Waals surface area (Å²) in [6.07, 6.45) is 9.93. The first-order chi connectivity index (χ1) is 14.3. The number of quaternary nitrogens is 1. The fraction of sp³-hybridized carbons (Fsp3) is 0.560. The highest BCUT2D eigenvalue weighted by Crippen LogP contribution is 2.48. The average Bonchev–Trinajstić information content (AvgIpc) is 3.16. The Bertz CT molecular complexity index is 899. The van der Waals surface area contributed by atoms with Crippen molar-refractivity contribution in [1.82, 2.24) is 0 Å². The Kier molecular flexibility index (Phi) is 5.67. The van der Waals surface area contributed by atoms with Gasteiger partial charge >= 0.3 is 0 Å². The molecule has 0 radical (unpaired) electrons. The Morgan fingerprint density at radius 2 is 2.17 bits per heavy atom. The van der Waals surface area contributed by atoms with E-state index >= 15 is 0 Å². The van der Waals surface area contributed by atoms with Crippen molar-refractivity contribution in [1.29, 1.82) is 0 Å². The van der Waals surface area contributed by atoms with E-state index in [1.807, 2.05) is 6.08 Å². The predicted molar refractivity (Wildman–Crippen MR) is 116 cm³/mol. The minimum Gasteiger partial charge on any atom is -0.492 e. The van der Waals surface area contributed by atoms with Gasteiger partial charge < -0.3 is 19.1 Å². The number of benzene rings is 1. The molecule has 2 heterocycles. The molecule has 0 aromatic heterocycles. The highest BCUT2D eigenvalue weighted by molar-refractivity contribution is 5.90.